The zero-order chi connectivity index (χ0) is 9.64. The fourth-order valence-corrected chi connectivity index (χ4v) is 1.79. The molecule has 0 aromatic heterocycles. The largest absolute Gasteiger partial charge is 0.386 e. The summed E-state index contributed by atoms with van der Waals surface area (Å²) in [6.07, 6.45) is 0.808. The Balaban J connectivity index is 2.21. The third-order valence-corrected chi connectivity index (χ3v) is 2.34. The highest BCUT2D eigenvalue weighted by Crippen LogP contribution is 2.34. The predicted octanol–water partition coefficient (Wildman–Crippen LogP) is -0.202. The number of rotatable bonds is 0. The van der Waals surface area contributed by atoms with Crippen LogP contribution in [0.15, 0.2) is 12.2 Å². The van der Waals surface area contributed by atoms with E-state index in [1.54, 1.807) is 13.8 Å². The molecule has 4 atom stereocenters. The minimum Gasteiger partial charge on any atom is -0.386 e. The van der Waals surface area contributed by atoms with Crippen molar-refractivity contribution < 1.29 is 19.7 Å². The van der Waals surface area contributed by atoms with Crippen LogP contribution in [0.1, 0.15) is 13.8 Å². The minimum atomic E-state index is -0.719. The first kappa shape index (κ1) is 9.15. The van der Waals surface area contributed by atoms with E-state index in [1.165, 1.54) is 12.2 Å². The van der Waals surface area contributed by atoms with Gasteiger partial charge in [0.25, 0.3) is 0 Å². The second-order valence-corrected chi connectivity index (χ2v) is 3.93. The van der Waals surface area contributed by atoms with Crippen LogP contribution in [0.3, 0.4) is 0 Å². The third-order valence-electron chi connectivity index (χ3n) is 2.34. The van der Waals surface area contributed by atoms with E-state index in [-0.39, 0.29) is 0 Å². The maximum absolute atomic E-state index is 9.53. The predicted molar refractivity (Wildman–Crippen MR) is 45.0 cm³/mol. The van der Waals surface area contributed by atoms with E-state index in [4.69, 9.17) is 9.47 Å². The van der Waals surface area contributed by atoms with Crippen molar-refractivity contribution in [3.05, 3.63) is 12.2 Å². The Hall–Kier alpha value is -0.420. The molecule has 1 heterocycles. The van der Waals surface area contributed by atoms with Gasteiger partial charge in [-0.3, -0.25) is 0 Å². The summed E-state index contributed by atoms with van der Waals surface area (Å²) in [5.74, 6) is -0.719. The number of aliphatic hydroxyl groups excluding tert-OH is 2. The summed E-state index contributed by atoms with van der Waals surface area (Å²) < 4.78 is 10.9. The van der Waals surface area contributed by atoms with Crippen LogP contribution < -0.4 is 0 Å². The van der Waals surface area contributed by atoms with Crippen LogP contribution in [0.2, 0.25) is 0 Å². The van der Waals surface area contributed by atoms with E-state index in [9.17, 15) is 10.2 Å². The molecule has 1 fully saturated rings. The summed E-state index contributed by atoms with van der Waals surface area (Å²) in [6.45, 7) is 3.54. The Labute approximate surface area is 76.8 Å². The average Bonchev–Trinajstić information content (AvgIpc) is 2.35. The van der Waals surface area contributed by atoms with Gasteiger partial charge in [0.1, 0.15) is 24.4 Å². The molecule has 0 amide bonds. The molecule has 0 aromatic carbocycles. The number of ether oxygens (including phenoxy) is 2. The van der Waals surface area contributed by atoms with Gasteiger partial charge in [-0.2, -0.15) is 0 Å². The van der Waals surface area contributed by atoms with Gasteiger partial charge in [-0.15, -0.1) is 0 Å². The Morgan fingerprint density at radius 2 is 1.38 bits per heavy atom. The van der Waals surface area contributed by atoms with Crippen molar-refractivity contribution >= 4 is 0 Å². The molecular formula is C9H14O4. The zero-order valence-electron chi connectivity index (χ0n) is 7.68. The standard InChI is InChI=1S/C9H14O4/c1-9(2)12-7-5(10)3-4-6(11)8(7)13-9/h3-8,10-11H,1-2H3/t5-,6-,7+,8+/m1/s1. The summed E-state index contributed by atoms with van der Waals surface area (Å²) in [5, 5.41) is 19.1. The van der Waals surface area contributed by atoms with Gasteiger partial charge in [-0.1, -0.05) is 12.2 Å². The van der Waals surface area contributed by atoms with Crippen LogP contribution in [-0.2, 0) is 9.47 Å². The molecule has 13 heavy (non-hydrogen) atoms. The number of fused-ring (bicyclic) bond motifs is 1. The molecule has 4 nitrogen and oxygen atoms in total. The molecule has 0 aromatic rings. The molecular weight excluding hydrogens is 172 g/mol. The smallest absolute Gasteiger partial charge is 0.164 e. The average molecular weight is 186 g/mol. The van der Waals surface area contributed by atoms with Gasteiger partial charge < -0.3 is 19.7 Å². The van der Waals surface area contributed by atoms with Gasteiger partial charge in [0.15, 0.2) is 5.79 Å². The van der Waals surface area contributed by atoms with Gasteiger partial charge in [0, 0.05) is 0 Å². The molecule has 4 heteroatoms. The highest BCUT2D eigenvalue weighted by Gasteiger charge is 2.48. The van der Waals surface area contributed by atoms with E-state index in [0.29, 0.717) is 0 Å². The molecule has 74 valence electrons. The van der Waals surface area contributed by atoms with E-state index in [1.807, 2.05) is 0 Å². The Bertz CT molecular complexity index is 214. The first-order valence-electron chi connectivity index (χ1n) is 4.40. The first-order valence-corrected chi connectivity index (χ1v) is 4.40. The molecule has 2 aliphatic rings. The zero-order valence-corrected chi connectivity index (χ0v) is 7.68. The second-order valence-electron chi connectivity index (χ2n) is 3.93. The third kappa shape index (κ3) is 1.50. The highest BCUT2D eigenvalue weighted by molar-refractivity contribution is 5.10. The molecule has 0 spiro atoms. The molecule has 1 saturated heterocycles. The SMILES string of the molecule is CC1(C)O[C@@H]2[C@@H](O1)[C@H](O)C=C[C@H]2O. The number of hydrogen-bond donors (Lipinski definition) is 2. The van der Waals surface area contributed by atoms with Gasteiger partial charge >= 0.3 is 0 Å². The lowest BCUT2D eigenvalue weighted by Gasteiger charge is -2.26. The number of aliphatic hydroxyl groups is 2. The van der Waals surface area contributed by atoms with E-state index >= 15 is 0 Å². The molecule has 0 bridgehead atoms. The molecule has 0 unspecified atom stereocenters. The minimum absolute atomic E-state index is 0.449. The highest BCUT2D eigenvalue weighted by atomic mass is 16.8. The topological polar surface area (TPSA) is 58.9 Å². The van der Waals surface area contributed by atoms with Gasteiger partial charge in [0.05, 0.1) is 0 Å². The maximum Gasteiger partial charge on any atom is 0.164 e. The van der Waals surface area contributed by atoms with Crippen LogP contribution in [0.4, 0.5) is 0 Å². The van der Waals surface area contributed by atoms with E-state index < -0.39 is 30.2 Å². The lowest BCUT2D eigenvalue weighted by molar-refractivity contribution is -0.155. The van der Waals surface area contributed by atoms with Crippen LogP contribution in [0.25, 0.3) is 0 Å². The molecule has 0 saturated carbocycles. The summed E-state index contributed by atoms with van der Waals surface area (Å²) in [7, 11) is 0. The van der Waals surface area contributed by atoms with Gasteiger partial charge in [-0.05, 0) is 13.8 Å². The maximum atomic E-state index is 9.53. The van der Waals surface area contributed by atoms with E-state index in [2.05, 4.69) is 0 Å². The summed E-state index contributed by atoms with van der Waals surface area (Å²) in [6, 6.07) is 0. The first-order chi connectivity index (χ1) is 5.99. The van der Waals surface area contributed by atoms with Crippen LogP contribution in [-0.4, -0.2) is 40.4 Å². The lowest BCUT2D eigenvalue weighted by atomic mass is 9.97. The molecule has 1 aliphatic heterocycles. The van der Waals surface area contributed by atoms with Crippen molar-refractivity contribution in [3.8, 4) is 0 Å². The fraction of sp³-hybridized carbons (Fsp3) is 0.778. The molecule has 2 N–H and O–H groups in total. The van der Waals surface area contributed by atoms with Crippen molar-refractivity contribution in [1.82, 2.24) is 0 Å². The summed E-state index contributed by atoms with van der Waals surface area (Å²) in [5.41, 5.74) is 0. The molecule has 2 rings (SSSR count). The van der Waals surface area contributed by atoms with Crippen LogP contribution in [0.5, 0.6) is 0 Å². The van der Waals surface area contributed by atoms with Crippen LogP contribution in [0, 0.1) is 0 Å². The Morgan fingerprint density at radius 1 is 1.00 bits per heavy atom. The lowest BCUT2D eigenvalue weighted by Crippen LogP contribution is -2.44. The number of hydrogen-bond acceptors (Lipinski definition) is 4. The normalized spacial score (nSPS) is 47.7. The summed E-state index contributed by atoms with van der Waals surface area (Å²) in [4.78, 5) is 0. The van der Waals surface area contributed by atoms with Crippen molar-refractivity contribution in [2.45, 2.75) is 44.1 Å². The van der Waals surface area contributed by atoms with Crippen molar-refractivity contribution in [2.24, 2.45) is 0 Å². The van der Waals surface area contributed by atoms with Crippen molar-refractivity contribution in [1.29, 1.82) is 0 Å². The second kappa shape index (κ2) is 2.78. The van der Waals surface area contributed by atoms with E-state index in [0.717, 1.165) is 0 Å². The van der Waals surface area contributed by atoms with Crippen molar-refractivity contribution in [2.75, 3.05) is 0 Å². The Morgan fingerprint density at radius 3 is 1.77 bits per heavy atom. The Kier molecular flexibility index (Phi) is 1.96. The fourth-order valence-electron chi connectivity index (χ4n) is 1.79. The summed E-state index contributed by atoms with van der Waals surface area (Å²) >= 11 is 0. The molecule has 1 aliphatic carbocycles. The molecule has 0 radical (unpaired) electrons. The monoisotopic (exact) mass is 186 g/mol. The van der Waals surface area contributed by atoms with Crippen molar-refractivity contribution in [3.63, 3.8) is 0 Å². The van der Waals surface area contributed by atoms with Gasteiger partial charge in [-0.25, -0.2) is 0 Å². The van der Waals surface area contributed by atoms with Crippen LogP contribution >= 0.6 is 0 Å². The van der Waals surface area contributed by atoms with Gasteiger partial charge in [0.2, 0.25) is 0 Å². The quantitative estimate of drug-likeness (QED) is 0.514.